The molecular weight excluding hydrogens is 222 g/mol. The minimum atomic E-state index is -0.890. The van der Waals surface area contributed by atoms with Crippen LogP contribution in [-0.2, 0) is 4.79 Å². The zero-order valence-corrected chi connectivity index (χ0v) is 9.58. The molecule has 1 heterocycles. The summed E-state index contributed by atoms with van der Waals surface area (Å²) >= 11 is 7.46. The van der Waals surface area contributed by atoms with Gasteiger partial charge in [-0.25, -0.2) is 0 Å². The summed E-state index contributed by atoms with van der Waals surface area (Å²) < 4.78 is 0. The number of carboxylic acid groups (broad SMARTS) is 1. The summed E-state index contributed by atoms with van der Waals surface area (Å²) in [4.78, 5) is 12.3. The van der Waals surface area contributed by atoms with Crippen molar-refractivity contribution in [2.45, 2.75) is 26.3 Å². The monoisotopic (exact) mass is 233 g/mol. The number of carboxylic acids is 1. The lowest BCUT2D eigenvalue weighted by Crippen LogP contribution is -2.14. The zero-order chi connectivity index (χ0) is 10.9. The fraction of sp³-hybridized carbons (Fsp3) is 0.444. The van der Waals surface area contributed by atoms with Crippen LogP contribution < -0.4 is 5.73 Å². The molecule has 78 valence electrons. The number of hydrogen-bond acceptors (Lipinski definition) is 3. The largest absolute Gasteiger partial charge is 0.481 e. The van der Waals surface area contributed by atoms with Crippen molar-refractivity contribution in [3.63, 3.8) is 0 Å². The van der Waals surface area contributed by atoms with Gasteiger partial charge >= 0.3 is 5.97 Å². The van der Waals surface area contributed by atoms with Gasteiger partial charge in [0.15, 0.2) is 0 Å². The third-order valence-electron chi connectivity index (χ3n) is 2.00. The zero-order valence-electron chi connectivity index (χ0n) is 8.00. The van der Waals surface area contributed by atoms with Gasteiger partial charge in [0, 0.05) is 15.8 Å². The predicted octanol–water partition coefficient (Wildman–Crippen LogP) is 2.49. The average molecular weight is 234 g/mol. The molecule has 0 fully saturated rings. The Balaban J connectivity index is 2.95. The van der Waals surface area contributed by atoms with E-state index in [0.29, 0.717) is 5.02 Å². The maximum absolute atomic E-state index is 10.5. The molecule has 3 nitrogen and oxygen atoms in total. The van der Waals surface area contributed by atoms with E-state index in [4.69, 9.17) is 22.4 Å². The summed E-state index contributed by atoms with van der Waals surface area (Å²) in [6, 6.07) is -0.455. The van der Waals surface area contributed by atoms with Gasteiger partial charge in [0.1, 0.15) is 0 Å². The van der Waals surface area contributed by atoms with Crippen LogP contribution in [0.25, 0.3) is 0 Å². The van der Waals surface area contributed by atoms with Crippen LogP contribution in [0.1, 0.15) is 27.8 Å². The Kier molecular flexibility index (Phi) is 3.53. The highest BCUT2D eigenvalue weighted by molar-refractivity contribution is 7.12. The molecule has 1 aromatic rings. The number of hydrogen-bond donors (Lipinski definition) is 2. The molecule has 5 heteroatoms. The topological polar surface area (TPSA) is 63.3 Å². The third-order valence-corrected chi connectivity index (χ3v) is 4.02. The first-order chi connectivity index (χ1) is 6.43. The molecule has 1 aromatic heterocycles. The van der Waals surface area contributed by atoms with E-state index in [1.165, 1.54) is 11.3 Å². The van der Waals surface area contributed by atoms with E-state index in [9.17, 15) is 4.79 Å². The summed E-state index contributed by atoms with van der Waals surface area (Å²) in [6.45, 7) is 3.76. The van der Waals surface area contributed by atoms with E-state index >= 15 is 0 Å². The SMILES string of the molecule is Cc1sc(C(N)CC(=O)O)c(C)c1Cl. The van der Waals surface area contributed by atoms with E-state index in [1.54, 1.807) is 0 Å². The Hall–Kier alpha value is -0.580. The van der Waals surface area contributed by atoms with Crippen LogP contribution in [0.3, 0.4) is 0 Å². The van der Waals surface area contributed by atoms with Crippen molar-refractivity contribution in [3.8, 4) is 0 Å². The number of aliphatic carboxylic acids is 1. The van der Waals surface area contributed by atoms with Gasteiger partial charge in [-0.2, -0.15) is 0 Å². The van der Waals surface area contributed by atoms with Crippen molar-refractivity contribution in [2.24, 2.45) is 5.73 Å². The lowest BCUT2D eigenvalue weighted by molar-refractivity contribution is -0.137. The Labute approximate surface area is 91.5 Å². The number of aryl methyl sites for hydroxylation is 1. The Bertz CT molecular complexity index is 362. The maximum atomic E-state index is 10.5. The first-order valence-electron chi connectivity index (χ1n) is 4.16. The van der Waals surface area contributed by atoms with Gasteiger partial charge in [0.05, 0.1) is 11.4 Å². The highest BCUT2D eigenvalue weighted by Crippen LogP contribution is 2.35. The van der Waals surface area contributed by atoms with E-state index in [-0.39, 0.29) is 6.42 Å². The second-order valence-corrected chi connectivity index (χ2v) is 4.80. The molecule has 0 radical (unpaired) electrons. The van der Waals surface area contributed by atoms with Gasteiger partial charge in [-0.1, -0.05) is 11.6 Å². The minimum Gasteiger partial charge on any atom is -0.481 e. The van der Waals surface area contributed by atoms with Gasteiger partial charge in [-0.05, 0) is 19.4 Å². The summed E-state index contributed by atoms with van der Waals surface area (Å²) in [7, 11) is 0. The molecule has 0 bridgehead atoms. The Morgan fingerprint density at radius 2 is 2.21 bits per heavy atom. The summed E-state index contributed by atoms with van der Waals surface area (Å²) in [5.41, 5.74) is 6.66. The molecule has 0 amide bonds. The molecule has 0 aliphatic carbocycles. The van der Waals surface area contributed by atoms with Crippen LogP contribution >= 0.6 is 22.9 Å². The van der Waals surface area contributed by atoms with E-state index in [0.717, 1.165) is 15.3 Å². The molecule has 0 aliphatic heterocycles. The smallest absolute Gasteiger partial charge is 0.305 e. The molecule has 0 saturated carbocycles. The number of thiophene rings is 1. The molecule has 14 heavy (non-hydrogen) atoms. The van der Waals surface area contributed by atoms with Gasteiger partial charge in [-0.3, -0.25) is 4.79 Å². The fourth-order valence-electron chi connectivity index (χ4n) is 1.29. The second kappa shape index (κ2) is 4.29. The predicted molar refractivity (Wildman–Crippen MR) is 58.0 cm³/mol. The molecule has 1 rings (SSSR count). The van der Waals surface area contributed by atoms with Crippen molar-refractivity contribution in [1.29, 1.82) is 0 Å². The standard InChI is InChI=1S/C9H12ClNO2S/c1-4-8(10)5(2)14-9(4)6(11)3-7(12)13/h6H,3,11H2,1-2H3,(H,12,13). The normalized spacial score (nSPS) is 12.9. The van der Waals surface area contributed by atoms with Crippen molar-refractivity contribution in [1.82, 2.24) is 0 Å². The van der Waals surface area contributed by atoms with Crippen LogP contribution in [-0.4, -0.2) is 11.1 Å². The molecule has 0 spiro atoms. The van der Waals surface area contributed by atoms with Crippen LogP contribution in [0.4, 0.5) is 0 Å². The van der Waals surface area contributed by atoms with Gasteiger partial charge in [0.25, 0.3) is 0 Å². The van der Waals surface area contributed by atoms with Gasteiger partial charge in [0.2, 0.25) is 0 Å². The van der Waals surface area contributed by atoms with Crippen LogP contribution in [0.2, 0.25) is 5.02 Å². The molecular formula is C9H12ClNO2S. The highest BCUT2D eigenvalue weighted by Gasteiger charge is 2.18. The van der Waals surface area contributed by atoms with Crippen molar-refractivity contribution in [2.75, 3.05) is 0 Å². The number of nitrogens with two attached hydrogens (primary N) is 1. The number of halogens is 1. The molecule has 1 atom stereocenters. The summed E-state index contributed by atoms with van der Waals surface area (Å²) in [5.74, 6) is -0.890. The van der Waals surface area contributed by atoms with Crippen LogP contribution in [0.5, 0.6) is 0 Å². The Morgan fingerprint density at radius 3 is 2.57 bits per heavy atom. The first-order valence-corrected chi connectivity index (χ1v) is 5.35. The van der Waals surface area contributed by atoms with Crippen molar-refractivity contribution in [3.05, 3.63) is 20.3 Å². The molecule has 0 saturated heterocycles. The van der Waals surface area contributed by atoms with Crippen LogP contribution in [0.15, 0.2) is 0 Å². The fourth-order valence-corrected chi connectivity index (χ4v) is 2.63. The molecule has 3 N–H and O–H groups in total. The lowest BCUT2D eigenvalue weighted by atomic mass is 10.1. The highest BCUT2D eigenvalue weighted by atomic mass is 35.5. The quantitative estimate of drug-likeness (QED) is 0.843. The average Bonchev–Trinajstić information content (AvgIpc) is 2.32. The second-order valence-electron chi connectivity index (χ2n) is 3.17. The molecule has 0 aromatic carbocycles. The van der Waals surface area contributed by atoms with Crippen molar-refractivity contribution < 1.29 is 9.90 Å². The summed E-state index contributed by atoms with van der Waals surface area (Å²) in [5, 5.41) is 9.30. The van der Waals surface area contributed by atoms with E-state index < -0.39 is 12.0 Å². The van der Waals surface area contributed by atoms with Crippen molar-refractivity contribution >= 4 is 28.9 Å². The maximum Gasteiger partial charge on any atom is 0.305 e. The summed E-state index contributed by atoms with van der Waals surface area (Å²) in [6.07, 6.45) is -0.0584. The first kappa shape index (κ1) is 11.5. The van der Waals surface area contributed by atoms with Crippen LogP contribution in [0, 0.1) is 13.8 Å². The van der Waals surface area contributed by atoms with Gasteiger partial charge in [-0.15, -0.1) is 11.3 Å². The van der Waals surface area contributed by atoms with E-state index in [2.05, 4.69) is 0 Å². The number of carbonyl (C=O) groups is 1. The Morgan fingerprint density at radius 1 is 1.64 bits per heavy atom. The molecule has 0 aliphatic rings. The number of rotatable bonds is 3. The van der Waals surface area contributed by atoms with Gasteiger partial charge < -0.3 is 10.8 Å². The minimum absolute atomic E-state index is 0.0584. The third kappa shape index (κ3) is 2.26. The van der Waals surface area contributed by atoms with E-state index in [1.807, 2.05) is 13.8 Å². The molecule has 1 unspecified atom stereocenters. The lowest BCUT2D eigenvalue weighted by Gasteiger charge is -2.07.